The van der Waals surface area contributed by atoms with E-state index in [1.54, 1.807) is 0 Å². The summed E-state index contributed by atoms with van der Waals surface area (Å²) < 4.78 is 5.79. The molecule has 1 saturated heterocycles. The average molecular weight is 292 g/mol. The summed E-state index contributed by atoms with van der Waals surface area (Å²) in [7, 11) is 0. The minimum absolute atomic E-state index is 0.306. The van der Waals surface area contributed by atoms with Gasteiger partial charge in [-0.05, 0) is 26.0 Å². The third-order valence-corrected chi connectivity index (χ3v) is 4.13. The van der Waals surface area contributed by atoms with Crippen LogP contribution < -0.4 is 4.90 Å². The highest BCUT2D eigenvalue weighted by Gasteiger charge is 2.26. The molecular weight excluding hydrogens is 272 g/mol. The second kappa shape index (κ2) is 5.68. The van der Waals surface area contributed by atoms with Gasteiger partial charge in [-0.1, -0.05) is 29.8 Å². The lowest BCUT2D eigenvalue weighted by Crippen LogP contribution is -3.14. The first-order valence-electron chi connectivity index (χ1n) is 7.15. The number of aromatic nitrogens is 1. The molecule has 0 aliphatic carbocycles. The molecule has 106 valence electrons. The van der Waals surface area contributed by atoms with Gasteiger partial charge >= 0.3 is 0 Å². The van der Waals surface area contributed by atoms with Crippen molar-refractivity contribution in [1.82, 2.24) is 4.98 Å². The van der Waals surface area contributed by atoms with Crippen molar-refractivity contribution in [2.45, 2.75) is 32.6 Å². The van der Waals surface area contributed by atoms with Crippen LogP contribution in [0.4, 0.5) is 0 Å². The van der Waals surface area contributed by atoms with E-state index in [0.717, 1.165) is 36.1 Å². The molecule has 1 N–H and O–H groups in total. The Morgan fingerprint density at radius 2 is 1.95 bits per heavy atom. The van der Waals surface area contributed by atoms with Crippen LogP contribution in [0, 0.1) is 0 Å². The van der Waals surface area contributed by atoms with Crippen molar-refractivity contribution in [2.75, 3.05) is 13.1 Å². The number of morpholine rings is 1. The van der Waals surface area contributed by atoms with Gasteiger partial charge in [-0.25, -0.2) is 4.98 Å². The molecule has 2 aromatic rings. The number of rotatable bonds is 2. The number of nitrogens with one attached hydrogen (secondary N) is 1. The number of ether oxygens (including phenoxy) is 1. The molecule has 0 bridgehead atoms. The van der Waals surface area contributed by atoms with Crippen LogP contribution in [0.25, 0.3) is 10.9 Å². The molecule has 4 heteroatoms. The lowest BCUT2D eigenvalue weighted by molar-refractivity contribution is -0.928. The standard InChI is InChI=1S/C16H19ClN2O/c1-11-8-19(9-12(2)20-11)10-14-7-13-5-3-4-6-15(13)18-16(14)17/h3-7,11-12H,8-10H2,1-2H3/p+1/t11-,12+. The Hall–Kier alpha value is -1.16. The highest BCUT2D eigenvalue weighted by molar-refractivity contribution is 6.30. The van der Waals surface area contributed by atoms with Gasteiger partial charge in [-0.3, -0.25) is 0 Å². The van der Waals surface area contributed by atoms with Crippen LogP contribution in [-0.2, 0) is 11.3 Å². The van der Waals surface area contributed by atoms with Crippen molar-refractivity contribution in [2.24, 2.45) is 0 Å². The fourth-order valence-electron chi connectivity index (χ4n) is 3.06. The van der Waals surface area contributed by atoms with E-state index in [0.29, 0.717) is 17.4 Å². The zero-order valence-corrected chi connectivity index (χ0v) is 12.7. The van der Waals surface area contributed by atoms with Gasteiger partial charge < -0.3 is 9.64 Å². The molecule has 20 heavy (non-hydrogen) atoms. The monoisotopic (exact) mass is 291 g/mol. The predicted molar refractivity (Wildman–Crippen MR) is 81.2 cm³/mol. The van der Waals surface area contributed by atoms with Crippen molar-refractivity contribution < 1.29 is 9.64 Å². The van der Waals surface area contributed by atoms with Gasteiger partial charge in [0.15, 0.2) is 0 Å². The molecule has 1 unspecified atom stereocenters. The van der Waals surface area contributed by atoms with E-state index in [1.165, 1.54) is 4.90 Å². The normalized spacial score (nSPS) is 26.9. The van der Waals surface area contributed by atoms with E-state index in [2.05, 4.69) is 31.0 Å². The number of quaternary nitrogens is 1. The molecule has 1 aliphatic rings. The summed E-state index contributed by atoms with van der Waals surface area (Å²) in [5.41, 5.74) is 2.08. The smallest absolute Gasteiger partial charge is 0.138 e. The Bertz CT molecular complexity index is 606. The summed E-state index contributed by atoms with van der Waals surface area (Å²) in [5.74, 6) is 0. The maximum atomic E-state index is 6.34. The third kappa shape index (κ3) is 2.95. The number of para-hydroxylation sites is 1. The first-order valence-corrected chi connectivity index (χ1v) is 7.53. The van der Waals surface area contributed by atoms with Gasteiger partial charge in [0.25, 0.3) is 0 Å². The fourth-order valence-corrected chi connectivity index (χ4v) is 3.28. The highest BCUT2D eigenvalue weighted by Crippen LogP contribution is 2.19. The molecule has 1 aliphatic heterocycles. The predicted octanol–water partition coefficient (Wildman–Crippen LogP) is 2.08. The van der Waals surface area contributed by atoms with E-state index in [9.17, 15) is 0 Å². The lowest BCUT2D eigenvalue weighted by atomic mass is 10.1. The van der Waals surface area contributed by atoms with Gasteiger partial charge in [-0.15, -0.1) is 0 Å². The van der Waals surface area contributed by atoms with E-state index < -0.39 is 0 Å². The summed E-state index contributed by atoms with van der Waals surface area (Å²) in [5, 5.41) is 1.78. The highest BCUT2D eigenvalue weighted by atomic mass is 35.5. The molecule has 0 saturated carbocycles. The van der Waals surface area contributed by atoms with Crippen molar-refractivity contribution in [3.8, 4) is 0 Å². The molecular formula is C16H20ClN2O+. The molecule has 0 spiro atoms. The quantitative estimate of drug-likeness (QED) is 0.858. The summed E-state index contributed by atoms with van der Waals surface area (Å²) >= 11 is 6.34. The largest absolute Gasteiger partial charge is 0.364 e. The summed E-state index contributed by atoms with van der Waals surface area (Å²) in [6.45, 7) is 7.22. The Labute approximate surface area is 124 Å². The zero-order valence-electron chi connectivity index (χ0n) is 11.9. The van der Waals surface area contributed by atoms with Gasteiger partial charge in [0.05, 0.1) is 5.52 Å². The molecule has 1 fully saturated rings. The van der Waals surface area contributed by atoms with E-state index >= 15 is 0 Å². The molecule has 2 heterocycles. The van der Waals surface area contributed by atoms with Gasteiger partial charge in [0.2, 0.25) is 0 Å². The molecule has 3 rings (SSSR count). The van der Waals surface area contributed by atoms with Crippen LogP contribution in [0.3, 0.4) is 0 Å². The van der Waals surface area contributed by atoms with Crippen LogP contribution in [0.1, 0.15) is 19.4 Å². The molecule has 0 amide bonds. The van der Waals surface area contributed by atoms with Crippen molar-refractivity contribution >= 4 is 22.5 Å². The van der Waals surface area contributed by atoms with Crippen molar-refractivity contribution in [1.29, 1.82) is 0 Å². The van der Waals surface area contributed by atoms with Gasteiger partial charge in [0, 0.05) is 10.9 Å². The number of fused-ring (bicyclic) bond motifs is 1. The minimum atomic E-state index is 0.306. The van der Waals surface area contributed by atoms with E-state index in [1.807, 2.05) is 18.2 Å². The first-order chi connectivity index (χ1) is 9.61. The van der Waals surface area contributed by atoms with Crippen molar-refractivity contribution in [3.05, 3.63) is 41.0 Å². The second-order valence-corrected chi connectivity index (χ2v) is 6.08. The molecule has 0 radical (unpaired) electrons. The van der Waals surface area contributed by atoms with Crippen LogP contribution in [0.5, 0.6) is 0 Å². The third-order valence-electron chi connectivity index (χ3n) is 3.81. The van der Waals surface area contributed by atoms with Gasteiger partial charge in [0.1, 0.15) is 37.0 Å². The molecule has 3 atom stereocenters. The number of pyridine rings is 1. The number of halogens is 1. The van der Waals surface area contributed by atoms with Crippen LogP contribution in [0.2, 0.25) is 5.15 Å². The first kappa shape index (κ1) is 13.8. The molecule has 1 aromatic carbocycles. The molecule has 1 aromatic heterocycles. The summed E-state index contributed by atoms with van der Waals surface area (Å²) in [4.78, 5) is 6.01. The van der Waals surface area contributed by atoms with Crippen LogP contribution in [0.15, 0.2) is 30.3 Å². The van der Waals surface area contributed by atoms with E-state index in [4.69, 9.17) is 16.3 Å². The number of hydrogen-bond acceptors (Lipinski definition) is 2. The Kier molecular flexibility index (Phi) is 3.92. The topological polar surface area (TPSA) is 26.6 Å². The Morgan fingerprint density at radius 3 is 2.70 bits per heavy atom. The Morgan fingerprint density at radius 1 is 1.25 bits per heavy atom. The average Bonchev–Trinajstić information content (AvgIpc) is 2.38. The maximum absolute atomic E-state index is 6.34. The lowest BCUT2D eigenvalue weighted by Gasteiger charge is -2.32. The minimum Gasteiger partial charge on any atom is -0.364 e. The van der Waals surface area contributed by atoms with E-state index in [-0.39, 0.29) is 0 Å². The van der Waals surface area contributed by atoms with Gasteiger partial charge in [-0.2, -0.15) is 0 Å². The zero-order chi connectivity index (χ0) is 14.1. The van der Waals surface area contributed by atoms with Crippen LogP contribution in [-0.4, -0.2) is 30.3 Å². The fraction of sp³-hybridized carbons (Fsp3) is 0.438. The Balaban J connectivity index is 1.85. The van der Waals surface area contributed by atoms with Crippen molar-refractivity contribution in [3.63, 3.8) is 0 Å². The second-order valence-electron chi connectivity index (χ2n) is 5.72. The maximum Gasteiger partial charge on any atom is 0.138 e. The van der Waals surface area contributed by atoms with Crippen LogP contribution >= 0.6 is 11.6 Å². The summed E-state index contributed by atoms with van der Waals surface area (Å²) in [6, 6.07) is 10.3. The molecule has 3 nitrogen and oxygen atoms in total. The number of benzene rings is 1. The summed E-state index contributed by atoms with van der Waals surface area (Å²) in [6.07, 6.45) is 0.613. The SMILES string of the molecule is C[C@@H]1C[NH+](Cc2cc3ccccc3nc2Cl)C[C@H](C)O1. The number of nitrogens with zero attached hydrogens (tertiary/aromatic N) is 1. The number of hydrogen-bond donors (Lipinski definition) is 1.